The van der Waals surface area contributed by atoms with E-state index in [9.17, 15) is 9.90 Å². The summed E-state index contributed by atoms with van der Waals surface area (Å²) in [5.74, 6) is 0.587. The molecule has 0 bridgehead atoms. The van der Waals surface area contributed by atoms with Gasteiger partial charge in [-0.05, 0) is 55.4 Å². The highest BCUT2D eigenvalue weighted by Crippen LogP contribution is 2.32. The normalized spacial score (nSPS) is 19.0. The highest BCUT2D eigenvalue weighted by Gasteiger charge is 2.21. The lowest BCUT2D eigenvalue weighted by atomic mass is 9.87. The van der Waals surface area contributed by atoms with Crippen molar-refractivity contribution in [3.8, 4) is 0 Å². The molecule has 3 N–H and O–H groups in total. The molecule has 2 unspecified atom stereocenters. The maximum absolute atomic E-state index is 12.3. The number of fused-ring (bicyclic) bond motifs is 3. The van der Waals surface area contributed by atoms with Gasteiger partial charge in [-0.25, -0.2) is 0 Å². The fourth-order valence-electron chi connectivity index (χ4n) is 3.28. The van der Waals surface area contributed by atoms with E-state index in [-0.39, 0.29) is 18.6 Å². The molecule has 1 heterocycles. The predicted octanol–water partition coefficient (Wildman–Crippen LogP) is 2.79. The van der Waals surface area contributed by atoms with E-state index in [1.807, 2.05) is 25.1 Å². The second-order valence-corrected chi connectivity index (χ2v) is 6.45. The smallest absolute Gasteiger partial charge is 0.251 e. The summed E-state index contributed by atoms with van der Waals surface area (Å²) in [6, 6.07) is 5.66. The first kappa shape index (κ1) is 15.1. The monoisotopic (exact) mass is 300 g/mol. The number of aryl methyl sites for hydroxylation is 1. The van der Waals surface area contributed by atoms with Crippen molar-refractivity contribution in [3.05, 3.63) is 35.0 Å². The summed E-state index contributed by atoms with van der Waals surface area (Å²) in [6.45, 7) is 4.21. The first-order valence-corrected chi connectivity index (χ1v) is 8.17. The Bertz CT molecular complexity index is 686. The summed E-state index contributed by atoms with van der Waals surface area (Å²) < 4.78 is 0. The van der Waals surface area contributed by atoms with Gasteiger partial charge in [0.1, 0.15) is 0 Å². The van der Waals surface area contributed by atoms with E-state index < -0.39 is 0 Å². The molecule has 0 aliphatic heterocycles. The van der Waals surface area contributed by atoms with Crippen LogP contribution in [0.25, 0.3) is 10.9 Å². The third-order valence-electron chi connectivity index (χ3n) is 4.74. The Balaban J connectivity index is 1.92. The number of hydrogen-bond donors (Lipinski definition) is 3. The number of benzene rings is 1. The van der Waals surface area contributed by atoms with Crippen molar-refractivity contribution in [2.45, 2.75) is 45.6 Å². The SMILES string of the molecule is CCC(CO)NC(=O)c1ccc2[nH]c3c(c2c1)CC(C)CC3. The first-order chi connectivity index (χ1) is 10.6. The van der Waals surface area contributed by atoms with Gasteiger partial charge < -0.3 is 15.4 Å². The summed E-state index contributed by atoms with van der Waals surface area (Å²) in [5.41, 5.74) is 4.48. The Morgan fingerprint density at radius 2 is 2.32 bits per heavy atom. The van der Waals surface area contributed by atoms with Gasteiger partial charge in [0.05, 0.1) is 12.6 Å². The van der Waals surface area contributed by atoms with Gasteiger partial charge in [-0.1, -0.05) is 13.8 Å². The van der Waals surface area contributed by atoms with E-state index >= 15 is 0 Å². The molecule has 0 saturated carbocycles. The van der Waals surface area contributed by atoms with Crippen LogP contribution in [0.15, 0.2) is 18.2 Å². The Morgan fingerprint density at radius 3 is 3.05 bits per heavy atom. The van der Waals surface area contributed by atoms with Crippen LogP contribution >= 0.6 is 0 Å². The number of aromatic amines is 1. The van der Waals surface area contributed by atoms with Crippen LogP contribution in [0.2, 0.25) is 0 Å². The van der Waals surface area contributed by atoms with Gasteiger partial charge in [-0.15, -0.1) is 0 Å². The standard InChI is InChI=1S/C18H24N2O2/c1-3-13(10-21)19-18(22)12-5-7-17-15(9-12)14-8-11(2)4-6-16(14)20-17/h5,7,9,11,13,20-21H,3-4,6,8,10H2,1-2H3,(H,19,22). The van der Waals surface area contributed by atoms with Crippen molar-refractivity contribution in [2.24, 2.45) is 5.92 Å². The highest BCUT2D eigenvalue weighted by molar-refractivity contribution is 5.99. The topological polar surface area (TPSA) is 65.1 Å². The van der Waals surface area contributed by atoms with E-state index in [2.05, 4.69) is 17.2 Å². The largest absolute Gasteiger partial charge is 0.394 e. The molecule has 4 nitrogen and oxygen atoms in total. The number of H-pyrrole nitrogens is 1. The van der Waals surface area contributed by atoms with Crippen molar-refractivity contribution in [3.63, 3.8) is 0 Å². The van der Waals surface area contributed by atoms with Crippen LogP contribution in [0.1, 0.15) is 48.3 Å². The molecule has 1 aromatic carbocycles. The Morgan fingerprint density at radius 1 is 1.50 bits per heavy atom. The van der Waals surface area contributed by atoms with Crippen molar-refractivity contribution < 1.29 is 9.90 Å². The molecular formula is C18H24N2O2. The molecule has 1 amide bonds. The molecule has 118 valence electrons. The van der Waals surface area contributed by atoms with Crippen LogP contribution in [0, 0.1) is 5.92 Å². The molecule has 4 heteroatoms. The molecule has 3 rings (SSSR count). The van der Waals surface area contributed by atoms with E-state index in [1.165, 1.54) is 23.1 Å². The lowest BCUT2D eigenvalue weighted by Gasteiger charge is -2.18. The fourth-order valence-corrected chi connectivity index (χ4v) is 3.28. The Labute approximate surface area is 130 Å². The number of carbonyl (C=O) groups excluding carboxylic acids is 1. The van der Waals surface area contributed by atoms with E-state index in [4.69, 9.17) is 0 Å². The van der Waals surface area contributed by atoms with Crippen molar-refractivity contribution in [1.29, 1.82) is 0 Å². The summed E-state index contributed by atoms with van der Waals surface area (Å²) in [6.07, 6.45) is 4.12. The number of carbonyl (C=O) groups is 1. The molecule has 0 spiro atoms. The minimum Gasteiger partial charge on any atom is -0.394 e. The molecule has 0 saturated heterocycles. The minimum absolute atomic E-state index is 0.0262. The van der Waals surface area contributed by atoms with Gasteiger partial charge in [-0.3, -0.25) is 4.79 Å². The quantitative estimate of drug-likeness (QED) is 0.813. The lowest BCUT2D eigenvalue weighted by Crippen LogP contribution is -2.36. The van der Waals surface area contributed by atoms with Crippen molar-refractivity contribution in [2.75, 3.05) is 6.61 Å². The molecule has 22 heavy (non-hydrogen) atoms. The van der Waals surface area contributed by atoms with Gasteiger partial charge in [0.15, 0.2) is 0 Å². The van der Waals surface area contributed by atoms with Gasteiger partial charge >= 0.3 is 0 Å². The number of aromatic nitrogens is 1. The van der Waals surface area contributed by atoms with Gasteiger partial charge in [0, 0.05) is 22.2 Å². The molecule has 2 aromatic rings. The number of amides is 1. The summed E-state index contributed by atoms with van der Waals surface area (Å²) in [4.78, 5) is 15.8. The van der Waals surface area contributed by atoms with Gasteiger partial charge in [-0.2, -0.15) is 0 Å². The average molecular weight is 300 g/mol. The van der Waals surface area contributed by atoms with Crippen LogP contribution in [0.3, 0.4) is 0 Å². The van der Waals surface area contributed by atoms with Crippen LogP contribution in [0.4, 0.5) is 0 Å². The molecule has 2 atom stereocenters. The molecular weight excluding hydrogens is 276 g/mol. The zero-order valence-corrected chi connectivity index (χ0v) is 13.3. The Hall–Kier alpha value is -1.81. The third-order valence-corrected chi connectivity index (χ3v) is 4.74. The molecule has 0 radical (unpaired) electrons. The van der Waals surface area contributed by atoms with Crippen LogP contribution in [-0.4, -0.2) is 28.6 Å². The number of nitrogens with one attached hydrogen (secondary N) is 2. The number of hydrogen-bond acceptors (Lipinski definition) is 2. The van der Waals surface area contributed by atoms with E-state index in [1.54, 1.807) is 0 Å². The molecule has 1 aliphatic rings. The van der Waals surface area contributed by atoms with Crippen LogP contribution in [0.5, 0.6) is 0 Å². The predicted molar refractivity (Wildman–Crippen MR) is 88.1 cm³/mol. The summed E-state index contributed by atoms with van der Waals surface area (Å²) >= 11 is 0. The maximum atomic E-state index is 12.3. The zero-order valence-electron chi connectivity index (χ0n) is 13.3. The van der Waals surface area contributed by atoms with Crippen molar-refractivity contribution >= 4 is 16.8 Å². The van der Waals surface area contributed by atoms with Gasteiger partial charge in [0.25, 0.3) is 5.91 Å². The molecule has 1 aromatic heterocycles. The highest BCUT2D eigenvalue weighted by atomic mass is 16.3. The number of aliphatic hydroxyl groups excluding tert-OH is 1. The third kappa shape index (κ3) is 2.75. The van der Waals surface area contributed by atoms with Crippen LogP contribution < -0.4 is 5.32 Å². The first-order valence-electron chi connectivity index (χ1n) is 8.17. The summed E-state index contributed by atoms with van der Waals surface area (Å²) in [5, 5.41) is 13.3. The van der Waals surface area contributed by atoms with E-state index in [0.717, 1.165) is 24.8 Å². The van der Waals surface area contributed by atoms with Crippen LogP contribution in [-0.2, 0) is 12.8 Å². The molecule has 0 fully saturated rings. The Kier molecular flexibility index (Phi) is 4.21. The molecule has 1 aliphatic carbocycles. The zero-order chi connectivity index (χ0) is 15.7. The number of aliphatic hydroxyl groups is 1. The lowest BCUT2D eigenvalue weighted by molar-refractivity contribution is 0.0915. The number of rotatable bonds is 4. The van der Waals surface area contributed by atoms with E-state index in [0.29, 0.717) is 11.5 Å². The second kappa shape index (κ2) is 6.13. The summed E-state index contributed by atoms with van der Waals surface area (Å²) in [7, 11) is 0. The van der Waals surface area contributed by atoms with Crippen molar-refractivity contribution in [1.82, 2.24) is 10.3 Å². The average Bonchev–Trinajstić information content (AvgIpc) is 2.89. The van der Waals surface area contributed by atoms with Gasteiger partial charge in [0.2, 0.25) is 0 Å². The second-order valence-electron chi connectivity index (χ2n) is 6.45. The minimum atomic E-state index is -0.177. The maximum Gasteiger partial charge on any atom is 0.251 e. The fraction of sp³-hybridized carbons (Fsp3) is 0.500.